The minimum atomic E-state index is -0.549. The van der Waals surface area contributed by atoms with E-state index in [-0.39, 0.29) is 5.91 Å². The third kappa shape index (κ3) is 3.85. The standard InChI is InChI=1S/C18H21NO2/c1-12-8-10-16(11-9-12)21-15(4)18(20)19-17-7-5-6-13(2)14(17)3/h5-11,15H,1-4H3,(H,19,20)/t15-/m1/s1. The Labute approximate surface area is 126 Å². The lowest BCUT2D eigenvalue weighted by molar-refractivity contribution is -0.122. The largest absolute Gasteiger partial charge is 0.481 e. The van der Waals surface area contributed by atoms with Crippen molar-refractivity contribution >= 4 is 11.6 Å². The Bertz CT molecular complexity index is 632. The Morgan fingerprint density at radius 2 is 1.71 bits per heavy atom. The Morgan fingerprint density at radius 1 is 1.05 bits per heavy atom. The second kappa shape index (κ2) is 6.44. The van der Waals surface area contributed by atoms with E-state index in [1.165, 1.54) is 0 Å². The van der Waals surface area contributed by atoms with Crippen LogP contribution < -0.4 is 10.1 Å². The van der Waals surface area contributed by atoms with Crippen LogP contribution in [0.25, 0.3) is 0 Å². The van der Waals surface area contributed by atoms with Gasteiger partial charge in [0.15, 0.2) is 6.10 Å². The van der Waals surface area contributed by atoms with E-state index < -0.39 is 6.10 Å². The summed E-state index contributed by atoms with van der Waals surface area (Å²) >= 11 is 0. The average Bonchev–Trinajstić information content (AvgIpc) is 2.46. The number of hydrogen-bond donors (Lipinski definition) is 1. The highest BCUT2D eigenvalue weighted by Crippen LogP contribution is 2.19. The number of anilines is 1. The second-order valence-electron chi connectivity index (χ2n) is 5.31. The SMILES string of the molecule is Cc1ccc(O[C@H](C)C(=O)Nc2cccc(C)c2C)cc1. The minimum Gasteiger partial charge on any atom is -0.481 e. The molecule has 0 saturated heterocycles. The van der Waals surface area contributed by atoms with Gasteiger partial charge in [-0.2, -0.15) is 0 Å². The molecule has 0 spiro atoms. The lowest BCUT2D eigenvalue weighted by Crippen LogP contribution is -2.30. The van der Waals surface area contributed by atoms with Crippen LogP contribution in [0.15, 0.2) is 42.5 Å². The summed E-state index contributed by atoms with van der Waals surface area (Å²) in [5.41, 5.74) is 4.22. The molecule has 0 aliphatic carbocycles. The van der Waals surface area contributed by atoms with E-state index >= 15 is 0 Å². The first kappa shape index (κ1) is 15.1. The maximum Gasteiger partial charge on any atom is 0.265 e. The molecular weight excluding hydrogens is 262 g/mol. The lowest BCUT2D eigenvalue weighted by atomic mass is 10.1. The zero-order valence-corrected chi connectivity index (χ0v) is 12.9. The first-order chi connectivity index (χ1) is 9.97. The summed E-state index contributed by atoms with van der Waals surface area (Å²) in [6.07, 6.45) is -0.549. The fraction of sp³-hybridized carbons (Fsp3) is 0.278. The number of hydrogen-bond acceptors (Lipinski definition) is 2. The quantitative estimate of drug-likeness (QED) is 0.920. The summed E-state index contributed by atoms with van der Waals surface area (Å²) in [5, 5.41) is 2.92. The van der Waals surface area contributed by atoms with Crippen LogP contribution in [-0.2, 0) is 4.79 Å². The molecule has 110 valence electrons. The second-order valence-corrected chi connectivity index (χ2v) is 5.31. The molecule has 2 aromatic carbocycles. The third-order valence-electron chi connectivity index (χ3n) is 3.57. The van der Waals surface area contributed by atoms with Crippen LogP contribution in [0.2, 0.25) is 0 Å². The first-order valence-corrected chi connectivity index (χ1v) is 7.08. The van der Waals surface area contributed by atoms with Crippen LogP contribution >= 0.6 is 0 Å². The van der Waals surface area contributed by atoms with Crippen LogP contribution in [0.5, 0.6) is 5.75 Å². The molecular formula is C18H21NO2. The van der Waals surface area contributed by atoms with E-state index in [9.17, 15) is 4.79 Å². The maximum absolute atomic E-state index is 12.2. The molecule has 1 atom stereocenters. The molecule has 0 radical (unpaired) electrons. The highest BCUT2D eigenvalue weighted by atomic mass is 16.5. The third-order valence-corrected chi connectivity index (χ3v) is 3.57. The first-order valence-electron chi connectivity index (χ1n) is 7.08. The molecule has 21 heavy (non-hydrogen) atoms. The molecule has 0 unspecified atom stereocenters. The molecule has 1 N–H and O–H groups in total. The number of benzene rings is 2. The van der Waals surface area contributed by atoms with Crippen molar-refractivity contribution in [3.8, 4) is 5.75 Å². The molecule has 0 aliphatic heterocycles. The van der Waals surface area contributed by atoms with E-state index in [1.54, 1.807) is 6.92 Å². The van der Waals surface area contributed by atoms with E-state index in [0.717, 1.165) is 22.4 Å². The monoisotopic (exact) mass is 283 g/mol. The fourth-order valence-electron chi connectivity index (χ4n) is 2.00. The molecule has 0 fully saturated rings. The summed E-state index contributed by atoms with van der Waals surface area (Å²) in [4.78, 5) is 12.2. The highest BCUT2D eigenvalue weighted by Gasteiger charge is 2.15. The summed E-state index contributed by atoms with van der Waals surface area (Å²) in [5.74, 6) is 0.550. The molecule has 1 amide bonds. The molecule has 2 aromatic rings. The summed E-state index contributed by atoms with van der Waals surface area (Å²) < 4.78 is 5.66. The van der Waals surface area contributed by atoms with Gasteiger partial charge in [0.1, 0.15) is 5.75 Å². The molecule has 3 nitrogen and oxygen atoms in total. The van der Waals surface area contributed by atoms with Gasteiger partial charge in [0, 0.05) is 5.69 Å². The molecule has 0 saturated carbocycles. The molecule has 0 aromatic heterocycles. The zero-order valence-electron chi connectivity index (χ0n) is 12.9. The van der Waals surface area contributed by atoms with Gasteiger partial charge in [0.2, 0.25) is 0 Å². The lowest BCUT2D eigenvalue weighted by Gasteiger charge is -2.16. The van der Waals surface area contributed by atoms with E-state index in [4.69, 9.17) is 4.74 Å². The Kier molecular flexibility index (Phi) is 4.63. The predicted molar refractivity (Wildman–Crippen MR) is 85.8 cm³/mol. The number of ether oxygens (including phenoxy) is 1. The van der Waals surface area contributed by atoms with E-state index in [0.29, 0.717) is 5.75 Å². The number of rotatable bonds is 4. The van der Waals surface area contributed by atoms with Crippen LogP contribution in [0.3, 0.4) is 0 Å². The normalized spacial score (nSPS) is 11.8. The number of aryl methyl sites for hydroxylation is 2. The molecule has 2 rings (SSSR count). The van der Waals surface area contributed by atoms with Gasteiger partial charge >= 0.3 is 0 Å². The van der Waals surface area contributed by atoms with Gasteiger partial charge in [-0.3, -0.25) is 4.79 Å². The van der Waals surface area contributed by atoms with Crippen LogP contribution in [0.1, 0.15) is 23.6 Å². The number of amides is 1. The van der Waals surface area contributed by atoms with Crippen molar-refractivity contribution < 1.29 is 9.53 Å². The molecule has 3 heteroatoms. The van der Waals surface area contributed by atoms with Crippen molar-refractivity contribution in [2.75, 3.05) is 5.32 Å². The smallest absolute Gasteiger partial charge is 0.265 e. The van der Waals surface area contributed by atoms with Crippen molar-refractivity contribution in [1.29, 1.82) is 0 Å². The maximum atomic E-state index is 12.2. The predicted octanol–water partition coefficient (Wildman–Crippen LogP) is 4.02. The van der Waals surface area contributed by atoms with Crippen LogP contribution in [0, 0.1) is 20.8 Å². The average molecular weight is 283 g/mol. The highest BCUT2D eigenvalue weighted by molar-refractivity contribution is 5.94. The van der Waals surface area contributed by atoms with Gasteiger partial charge in [-0.1, -0.05) is 29.8 Å². The van der Waals surface area contributed by atoms with E-state index in [1.807, 2.05) is 63.2 Å². The summed E-state index contributed by atoms with van der Waals surface area (Å²) in [6, 6.07) is 13.5. The Balaban J connectivity index is 2.02. The van der Waals surface area contributed by atoms with Crippen molar-refractivity contribution in [1.82, 2.24) is 0 Å². The van der Waals surface area contributed by atoms with Gasteiger partial charge in [0.05, 0.1) is 0 Å². The van der Waals surface area contributed by atoms with Crippen molar-refractivity contribution in [2.45, 2.75) is 33.8 Å². The van der Waals surface area contributed by atoms with Gasteiger partial charge in [-0.25, -0.2) is 0 Å². The van der Waals surface area contributed by atoms with Crippen molar-refractivity contribution in [3.05, 3.63) is 59.2 Å². The minimum absolute atomic E-state index is 0.149. The van der Waals surface area contributed by atoms with Crippen molar-refractivity contribution in [3.63, 3.8) is 0 Å². The Hall–Kier alpha value is -2.29. The number of carbonyl (C=O) groups is 1. The summed E-state index contributed by atoms with van der Waals surface area (Å²) in [6.45, 7) is 7.79. The van der Waals surface area contributed by atoms with Crippen LogP contribution in [0.4, 0.5) is 5.69 Å². The fourth-order valence-corrected chi connectivity index (χ4v) is 2.00. The molecule has 0 heterocycles. The van der Waals surface area contributed by atoms with Crippen LogP contribution in [-0.4, -0.2) is 12.0 Å². The van der Waals surface area contributed by atoms with E-state index in [2.05, 4.69) is 5.32 Å². The van der Waals surface area contributed by atoms with Gasteiger partial charge in [-0.05, 0) is 57.0 Å². The topological polar surface area (TPSA) is 38.3 Å². The summed E-state index contributed by atoms with van der Waals surface area (Å²) in [7, 11) is 0. The van der Waals surface area contributed by atoms with Gasteiger partial charge in [-0.15, -0.1) is 0 Å². The zero-order chi connectivity index (χ0) is 15.4. The molecule has 0 aliphatic rings. The number of carbonyl (C=O) groups excluding carboxylic acids is 1. The van der Waals surface area contributed by atoms with Crippen molar-refractivity contribution in [2.24, 2.45) is 0 Å². The Morgan fingerprint density at radius 3 is 2.38 bits per heavy atom. The molecule has 0 bridgehead atoms. The number of nitrogens with one attached hydrogen (secondary N) is 1. The van der Waals surface area contributed by atoms with Gasteiger partial charge < -0.3 is 10.1 Å². The van der Waals surface area contributed by atoms with Gasteiger partial charge in [0.25, 0.3) is 5.91 Å².